The molecule has 1 fully saturated rings. The number of benzene rings is 1. The van der Waals surface area contributed by atoms with Gasteiger partial charge in [-0.15, -0.1) is 0 Å². The number of anilines is 1. The minimum atomic E-state index is 0.502. The molecule has 2 heterocycles. The van der Waals surface area contributed by atoms with Crippen molar-refractivity contribution in [2.24, 2.45) is 5.92 Å². The van der Waals surface area contributed by atoms with Crippen LogP contribution in [0.2, 0.25) is 5.02 Å². The first-order valence-electron chi connectivity index (χ1n) is 6.74. The number of rotatable bonds is 1. The summed E-state index contributed by atoms with van der Waals surface area (Å²) in [5.41, 5.74) is 2.50. The summed E-state index contributed by atoms with van der Waals surface area (Å²) in [6, 6.07) is 6.76. The highest BCUT2D eigenvalue weighted by molar-refractivity contribution is 6.33. The lowest BCUT2D eigenvalue weighted by molar-refractivity contribution is 0.132. The first-order valence-corrected chi connectivity index (χ1v) is 7.12. The van der Waals surface area contributed by atoms with Gasteiger partial charge in [0.05, 0.1) is 10.7 Å². The molecule has 2 aliphatic heterocycles. The van der Waals surface area contributed by atoms with Gasteiger partial charge < -0.3 is 10.6 Å². The first kappa shape index (κ1) is 12.3. The monoisotopic (exact) mass is 265 g/mol. The first-order chi connectivity index (χ1) is 8.77. The summed E-state index contributed by atoms with van der Waals surface area (Å²) in [6.45, 7) is 7.76. The lowest BCUT2D eigenvalue weighted by Crippen LogP contribution is -2.48. The SMILES string of the molecule is CC1CNc2c(Cl)cccc2C1N1CCNCC1. The summed E-state index contributed by atoms with van der Waals surface area (Å²) in [4.78, 5) is 2.59. The van der Waals surface area contributed by atoms with Crippen molar-refractivity contribution in [1.82, 2.24) is 10.2 Å². The van der Waals surface area contributed by atoms with Gasteiger partial charge in [0.15, 0.2) is 0 Å². The number of para-hydroxylation sites is 1. The normalized spacial score (nSPS) is 28.6. The maximum atomic E-state index is 6.30. The zero-order valence-electron chi connectivity index (χ0n) is 10.7. The number of nitrogens with one attached hydrogen (secondary N) is 2. The Labute approximate surface area is 114 Å². The standard InChI is InChI=1S/C14H20ClN3/c1-10-9-17-13-11(3-2-4-12(13)15)14(10)18-7-5-16-6-8-18/h2-4,10,14,16-17H,5-9H2,1H3. The molecular formula is C14H20ClN3. The van der Waals surface area contributed by atoms with E-state index in [1.807, 2.05) is 6.07 Å². The molecule has 2 aliphatic rings. The maximum Gasteiger partial charge on any atom is 0.0640 e. The Bertz CT molecular complexity index is 429. The van der Waals surface area contributed by atoms with Gasteiger partial charge in [-0.05, 0) is 17.5 Å². The van der Waals surface area contributed by atoms with E-state index in [4.69, 9.17) is 11.6 Å². The second-order valence-corrected chi connectivity index (χ2v) is 5.70. The van der Waals surface area contributed by atoms with Gasteiger partial charge >= 0.3 is 0 Å². The molecule has 4 heteroatoms. The van der Waals surface area contributed by atoms with Crippen LogP contribution < -0.4 is 10.6 Å². The zero-order chi connectivity index (χ0) is 12.5. The molecular weight excluding hydrogens is 246 g/mol. The average molecular weight is 266 g/mol. The molecule has 0 spiro atoms. The molecule has 98 valence electrons. The van der Waals surface area contributed by atoms with Crippen LogP contribution in [0.1, 0.15) is 18.5 Å². The molecule has 2 N–H and O–H groups in total. The Morgan fingerprint density at radius 2 is 2.06 bits per heavy atom. The third-order valence-electron chi connectivity index (χ3n) is 4.05. The molecule has 0 aliphatic carbocycles. The average Bonchev–Trinajstić information content (AvgIpc) is 2.40. The smallest absolute Gasteiger partial charge is 0.0640 e. The molecule has 1 aromatic carbocycles. The van der Waals surface area contributed by atoms with Crippen molar-refractivity contribution in [3.8, 4) is 0 Å². The summed E-state index contributed by atoms with van der Waals surface area (Å²) in [6.07, 6.45) is 0. The number of fused-ring (bicyclic) bond motifs is 1. The van der Waals surface area contributed by atoms with E-state index in [-0.39, 0.29) is 0 Å². The predicted molar refractivity (Wildman–Crippen MR) is 76.3 cm³/mol. The number of hydrogen-bond donors (Lipinski definition) is 2. The van der Waals surface area contributed by atoms with Crippen LogP contribution in [0.4, 0.5) is 5.69 Å². The van der Waals surface area contributed by atoms with Gasteiger partial charge in [-0.2, -0.15) is 0 Å². The molecule has 0 bridgehead atoms. The van der Waals surface area contributed by atoms with Crippen molar-refractivity contribution >= 4 is 17.3 Å². The summed E-state index contributed by atoms with van der Waals surface area (Å²) in [5.74, 6) is 0.620. The second kappa shape index (κ2) is 5.08. The molecule has 0 aromatic heterocycles. The molecule has 0 amide bonds. The Morgan fingerprint density at radius 3 is 2.83 bits per heavy atom. The molecule has 0 radical (unpaired) electrons. The topological polar surface area (TPSA) is 27.3 Å². The van der Waals surface area contributed by atoms with Crippen LogP contribution >= 0.6 is 11.6 Å². The largest absolute Gasteiger partial charge is 0.383 e. The van der Waals surface area contributed by atoms with E-state index in [9.17, 15) is 0 Å². The van der Waals surface area contributed by atoms with Crippen LogP contribution in [-0.4, -0.2) is 37.6 Å². The van der Waals surface area contributed by atoms with Crippen molar-refractivity contribution in [3.63, 3.8) is 0 Å². The van der Waals surface area contributed by atoms with Gasteiger partial charge in [0.1, 0.15) is 0 Å². The van der Waals surface area contributed by atoms with E-state index in [0.717, 1.165) is 43.4 Å². The van der Waals surface area contributed by atoms with Crippen molar-refractivity contribution in [2.75, 3.05) is 38.0 Å². The third kappa shape index (κ3) is 2.11. The number of halogens is 1. The van der Waals surface area contributed by atoms with E-state index >= 15 is 0 Å². The lowest BCUT2D eigenvalue weighted by Gasteiger charge is -2.42. The van der Waals surface area contributed by atoms with Crippen LogP contribution in [0.3, 0.4) is 0 Å². The molecule has 2 atom stereocenters. The maximum absolute atomic E-state index is 6.30. The van der Waals surface area contributed by atoms with Crippen LogP contribution in [0, 0.1) is 5.92 Å². The minimum absolute atomic E-state index is 0.502. The fourth-order valence-electron chi connectivity index (χ4n) is 3.17. The van der Waals surface area contributed by atoms with E-state index in [2.05, 4.69) is 34.6 Å². The lowest BCUT2D eigenvalue weighted by atomic mass is 9.88. The fraction of sp³-hybridized carbons (Fsp3) is 0.571. The van der Waals surface area contributed by atoms with Crippen molar-refractivity contribution < 1.29 is 0 Å². The molecule has 2 unspecified atom stereocenters. The Balaban J connectivity index is 1.96. The second-order valence-electron chi connectivity index (χ2n) is 5.29. The van der Waals surface area contributed by atoms with Crippen molar-refractivity contribution in [3.05, 3.63) is 28.8 Å². The summed E-state index contributed by atoms with van der Waals surface area (Å²) >= 11 is 6.30. The van der Waals surface area contributed by atoms with E-state index < -0.39 is 0 Å². The van der Waals surface area contributed by atoms with Crippen LogP contribution in [0.5, 0.6) is 0 Å². The Kier molecular flexibility index (Phi) is 3.46. The highest BCUT2D eigenvalue weighted by Gasteiger charge is 2.32. The summed E-state index contributed by atoms with van der Waals surface area (Å²) in [5, 5.41) is 7.74. The number of hydrogen-bond acceptors (Lipinski definition) is 3. The Morgan fingerprint density at radius 1 is 1.28 bits per heavy atom. The van der Waals surface area contributed by atoms with Gasteiger partial charge in [-0.3, -0.25) is 4.90 Å². The number of piperazine rings is 1. The van der Waals surface area contributed by atoms with Gasteiger partial charge in [-0.1, -0.05) is 30.7 Å². The minimum Gasteiger partial charge on any atom is -0.383 e. The molecule has 1 saturated heterocycles. The summed E-state index contributed by atoms with van der Waals surface area (Å²) < 4.78 is 0. The van der Waals surface area contributed by atoms with Gasteiger partial charge in [0, 0.05) is 38.8 Å². The predicted octanol–water partition coefficient (Wildman–Crippen LogP) is 2.35. The molecule has 18 heavy (non-hydrogen) atoms. The quantitative estimate of drug-likeness (QED) is 0.816. The molecule has 1 aromatic rings. The van der Waals surface area contributed by atoms with Crippen LogP contribution in [0.25, 0.3) is 0 Å². The van der Waals surface area contributed by atoms with E-state index in [0.29, 0.717) is 12.0 Å². The van der Waals surface area contributed by atoms with Crippen LogP contribution in [0.15, 0.2) is 18.2 Å². The van der Waals surface area contributed by atoms with E-state index in [1.165, 1.54) is 5.56 Å². The highest BCUT2D eigenvalue weighted by atomic mass is 35.5. The highest BCUT2D eigenvalue weighted by Crippen LogP contribution is 2.40. The number of nitrogens with zero attached hydrogens (tertiary/aromatic N) is 1. The third-order valence-corrected chi connectivity index (χ3v) is 4.36. The Hall–Kier alpha value is -0.770. The fourth-order valence-corrected chi connectivity index (χ4v) is 3.42. The molecule has 3 nitrogen and oxygen atoms in total. The zero-order valence-corrected chi connectivity index (χ0v) is 11.5. The molecule has 0 saturated carbocycles. The van der Waals surface area contributed by atoms with Gasteiger partial charge in [-0.25, -0.2) is 0 Å². The van der Waals surface area contributed by atoms with Crippen molar-refractivity contribution in [2.45, 2.75) is 13.0 Å². The van der Waals surface area contributed by atoms with Crippen LogP contribution in [-0.2, 0) is 0 Å². The van der Waals surface area contributed by atoms with Gasteiger partial charge in [0.25, 0.3) is 0 Å². The van der Waals surface area contributed by atoms with Gasteiger partial charge in [0.2, 0.25) is 0 Å². The molecule has 3 rings (SSSR count). The van der Waals surface area contributed by atoms with E-state index in [1.54, 1.807) is 0 Å². The summed E-state index contributed by atoms with van der Waals surface area (Å²) in [7, 11) is 0. The van der Waals surface area contributed by atoms with Crippen molar-refractivity contribution in [1.29, 1.82) is 0 Å².